The van der Waals surface area contributed by atoms with Crippen LogP contribution in [0.25, 0.3) is 0 Å². The Labute approximate surface area is 71.7 Å². The second-order valence-corrected chi connectivity index (χ2v) is 3.01. The summed E-state index contributed by atoms with van der Waals surface area (Å²) in [5.41, 5.74) is 5.58. The topological polar surface area (TPSA) is 63.4 Å². The summed E-state index contributed by atoms with van der Waals surface area (Å²) < 4.78 is 0. The van der Waals surface area contributed by atoms with E-state index in [0.717, 1.165) is 19.3 Å². The highest BCUT2D eigenvalue weighted by atomic mass is 16.2. The number of carbonyl (C=O) groups excluding carboxylic acids is 2. The Morgan fingerprint density at radius 3 is 3.00 bits per heavy atom. The van der Waals surface area contributed by atoms with Crippen molar-refractivity contribution >= 4 is 12.2 Å². The molecule has 0 aromatic heterocycles. The number of nitrogens with two attached hydrogens (primary N) is 1. The zero-order valence-corrected chi connectivity index (χ0v) is 6.95. The average molecular weight is 169 g/mol. The largest absolute Gasteiger partial charge is 0.334 e. The normalized spacial score (nSPS) is 25.2. The van der Waals surface area contributed by atoms with Gasteiger partial charge in [0.25, 0.3) is 0 Å². The van der Waals surface area contributed by atoms with Crippen LogP contribution < -0.4 is 5.73 Å². The average Bonchev–Trinajstić information content (AvgIpc) is 2.20. The van der Waals surface area contributed by atoms with Gasteiger partial charge in [0.15, 0.2) is 0 Å². The fraction of sp³-hybridized carbons (Fsp3) is 0.750. The smallest absolute Gasteiger partial charge is 0.239 e. The molecule has 0 aliphatic carbocycles. The van der Waals surface area contributed by atoms with Gasteiger partial charge in [0.1, 0.15) is 0 Å². The molecule has 0 aromatic carbocycles. The third-order valence-corrected chi connectivity index (χ3v) is 2.08. The van der Waals surface area contributed by atoms with Crippen molar-refractivity contribution in [2.24, 2.45) is 5.73 Å². The Bertz CT molecular complexity index is 182. The summed E-state index contributed by atoms with van der Waals surface area (Å²) in [7, 11) is 0. The van der Waals surface area contributed by atoms with E-state index < -0.39 is 6.04 Å². The van der Waals surface area contributed by atoms with E-state index in [-0.39, 0.29) is 12.5 Å². The van der Waals surface area contributed by atoms with Crippen LogP contribution in [-0.4, -0.2) is 36.2 Å². The first-order valence-electron chi connectivity index (χ1n) is 4.15. The molecule has 1 unspecified atom stereocenters. The lowest BCUT2D eigenvalue weighted by atomic mass is 10.1. The molecule has 67 valence electrons. The van der Waals surface area contributed by atoms with Crippen LogP contribution in [0.3, 0.4) is 0 Å². The minimum Gasteiger partial charge on any atom is -0.334 e. The van der Waals surface area contributed by atoms with Crippen LogP contribution in [-0.2, 0) is 9.59 Å². The monoisotopic (exact) mass is 169 g/mol. The van der Waals surface area contributed by atoms with E-state index in [4.69, 9.17) is 5.73 Å². The van der Waals surface area contributed by atoms with Crippen LogP contribution in [0, 0.1) is 0 Å². The Balaban J connectivity index is 2.57. The molecule has 1 radical (unpaired) electrons. The lowest BCUT2D eigenvalue weighted by molar-refractivity contribution is -0.131. The maximum atomic E-state index is 11.4. The van der Waals surface area contributed by atoms with Gasteiger partial charge in [0.05, 0.1) is 12.6 Å². The molecular formula is C8H13N2O2. The number of hydrogen-bond acceptors (Lipinski definition) is 3. The van der Waals surface area contributed by atoms with Gasteiger partial charge >= 0.3 is 0 Å². The van der Waals surface area contributed by atoms with Crippen molar-refractivity contribution in [3.8, 4) is 0 Å². The van der Waals surface area contributed by atoms with Gasteiger partial charge in [-0.2, -0.15) is 0 Å². The van der Waals surface area contributed by atoms with Crippen molar-refractivity contribution in [1.29, 1.82) is 0 Å². The zero-order valence-electron chi connectivity index (χ0n) is 6.95. The number of hydrogen-bond donors (Lipinski definition) is 1. The van der Waals surface area contributed by atoms with Gasteiger partial charge in [0, 0.05) is 6.54 Å². The van der Waals surface area contributed by atoms with Crippen LogP contribution >= 0.6 is 0 Å². The van der Waals surface area contributed by atoms with Gasteiger partial charge in [-0.15, -0.1) is 0 Å². The summed E-state index contributed by atoms with van der Waals surface area (Å²) in [6, 6.07) is -0.416. The molecule has 1 heterocycles. The van der Waals surface area contributed by atoms with Crippen molar-refractivity contribution in [3.63, 3.8) is 0 Å². The first kappa shape index (κ1) is 9.19. The molecule has 1 aliphatic rings. The first-order chi connectivity index (χ1) is 5.75. The lowest BCUT2D eigenvalue weighted by Crippen LogP contribution is -2.42. The standard InChI is InChI=1S/C8H13N2O2/c9-7-3-1-2-4-10(5-6-11)8(7)12/h7H,1-5,9H2. The molecule has 1 rings (SSSR count). The molecule has 1 amide bonds. The second-order valence-electron chi connectivity index (χ2n) is 3.01. The molecule has 1 atom stereocenters. The van der Waals surface area contributed by atoms with Crippen LogP contribution in [0.4, 0.5) is 0 Å². The highest BCUT2D eigenvalue weighted by Crippen LogP contribution is 2.09. The summed E-state index contributed by atoms with van der Waals surface area (Å²) in [4.78, 5) is 22.9. The maximum Gasteiger partial charge on any atom is 0.239 e. The number of amides is 1. The Morgan fingerprint density at radius 1 is 1.58 bits per heavy atom. The molecule has 4 heteroatoms. The number of nitrogens with zero attached hydrogens (tertiary/aromatic N) is 1. The van der Waals surface area contributed by atoms with Crippen molar-refractivity contribution in [2.45, 2.75) is 25.3 Å². The van der Waals surface area contributed by atoms with Gasteiger partial charge < -0.3 is 10.6 Å². The predicted molar refractivity (Wildman–Crippen MR) is 44.1 cm³/mol. The highest BCUT2D eigenvalue weighted by Gasteiger charge is 2.23. The molecule has 2 N–H and O–H groups in total. The molecule has 4 nitrogen and oxygen atoms in total. The third kappa shape index (κ3) is 2.04. The van der Waals surface area contributed by atoms with Crippen LogP contribution in [0.15, 0.2) is 0 Å². The summed E-state index contributed by atoms with van der Waals surface area (Å²) in [6.45, 7) is 0.703. The van der Waals surface area contributed by atoms with Crippen molar-refractivity contribution in [2.75, 3.05) is 13.1 Å². The molecule has 12 heavy (non-hydrogen) atoms. The van der Waals surface area contributed by atoms with E-state index >= 15 is 0 Å². The second kappa shape index (κ2) is 4.21. The fourth-order valence-electron chi connectivity index (χ4n) is 1.37. The SMILES string of the molecule is NC1CCCCN(C[C]=O)C1=O. The first-order valence-corrected chi connectivity index (χ1v) is 4.15. The molecule has 1 saturated heterocycles. The summed E-state index contributed by atoms with van der Waals surface area (Å²) in [5, 5.41) is 0. The third-order valence-electron chi connectivity index (χ3n) is 2.08. The molecule has 0 bridgehead atoms. The highest BCUT2D eigenvalue weighted by molar-refractivity contribution is 5.83. The van der Waals surface area contributed by atoms with Crippen molar-refractivity contribution in [3.05, 3.63) is 0 Å². The van der Waals surface area contributed by atoms with E-state index in [9.17, 15) is 9.59 Å². The molecule has 0 spiro atoms. The van der Waals surface area contributed by atoms with Crippen LogP contribution in [0.5, 0.6) is 0 Å². The van der Waals surface area contributed by atoms with Gasteiger partial charge in [-0.25, -0.2) is 0 Å². The number of carbonyl (C=O) groups is 1. The summed E-state index contributed by atoms with van der Waals surface area (Å²) in [6.07, 6.45) is 4.34. The van der Waals surface area contributed by atoms with E-state index in [0.29, 0.717) is 6.54 Å². The molecule has 1 aliphatic heterocycles. The van der Waals surface area contributed by atoms with Crippen LogP contribution in [0.1, 0.15) is 19.3 Å². The molecular weight excluding hydrogens is 156 g/mol. The lowest BCUT2D eigenvalue weighted by Gasteiger charge is -2.19. The zero-order chi connectivity index (χ0) is 8.97. The minimum absolute atomic E-state index is 0.0620. The maximum absolute atomic E-state index is 11.4. The van der Waals surface area contributed by atoms with Crippen molar-refractivity contribution in [1.82, 2.24) is 4.90 Å². The summed E-state index contributed by atoms with van der Waals surface area (Å²) in [5.74, 6) is -0.115. The number of rotatable bonds is 2. The van der Waals surface area contributed by atoms with Crippen molar-refractivity contribution < 1.29 is 9.59 Å². The van der Waals surface area contributed by atoms with E-state index in [1.807, 2.05) is 0 Å². The van der Waals surface area contributed by atoms with E-state index in [2.05, 4.69) is 0 Å². The molecule has 1 fully saturated rings. The Hall–Kier alpha value is -0.900. The minimum atomic E-state index is -0.416. The van der Waals surface area contributed by atoms with E-state index in [1.54, 1.807) is 6.29 Å². The molecule has 0 aromatic rings. The van der Waals surface area contributed by atoms with Gasteiger partial charge in [-0.3, -0.25) is 9.59 Å². The quantitative estimate of drug-likeness (QED) is 0.602. The Morgan fingerprint density at radius 2 is 2.33 bits per heavy atom. The summed E-state index contributed by atoms with van der Waals surface area (Å²) >= 11 is 0. The van der Waals surface area contributed by atoms with E-state index in [1.165, 1.54) is 4.90 Å². The van der Waals surface area contributed by atoms with Gasteiger partial charge in [0.2, 0.25) is 12.2 Å². The number of likely N-dealkylation sites (tertiary alicyclic amines) is 1. The van der Waals surface area contributed by atoms with Gasteiger partial charge in [-0.1, -0.05) is 0 Å². The molecule has 0 saturated carbocycles. The van der Waals surface area contributed by atoms with Crippen LogP contribution in [0.2, 0.25) is 0 Å². The van der Waals surface area contributed by atoms with Gasteiger partial charge in [-0.05, 0) is 19.3 Å². The Kier molecular flexibility index (Phi) is 3.22. The fourth-order valence-corrected chi connectivity index (χ4v) is 1.37. The predicted octanol–water partition coefficient (Wildman–Crippen LogP) is -0.564.